The third-order valence-corrected chi connectivity index (χ3v) is 6.17. The molecule has 0 aliphatic carbocycles. The highest BCUT2D eigenvalue weighted by Gasteiger charge is 2.12. The Kier molecular flexibility index (Phi) is 24.0. The molecule has 0 spiro atoms. The fourth-order valence-corrected chi connectivity index (χ4v) is 3.90. The smallest absolute Gasteiger partial charge is 0.219 e. The summed E-state index contributed by atoms with van der Waals surface area (Å²) in [6.45, 7) is 7.43. The largest absolute Gasteiger partial charge is 0.356 e. The quantitative estimate of drug-likeness (QED) is 0.147. The van der Waals surface area contributed by atoms with Crippen LogP contribution in [-0.2, 0) is 9.59 Å². The van der Waals surface area contributed by atoms with Gasteiger partial charge in [-0.3, -0.25) is 9.59 Å². The van der Waals surface area contributed by atoms with Crippen LogP contribution in [0.1, 0.15) is 136 Å². The molecule has 32 heavy (non-hydrogen) atoms. The zero-order chi connectivity index (χ0) is 23.7. The fraction of sp³-hybridized carbons (Fsp3) is 0.926. The zero-order valence-electron chi connectivity index (χ0n) is 21.5. The van der Waals surface area contributed by atoms with Gasteiger partial charge < -0.3 is 16.4 Å². The van der Waals surface area contributed by atoms with E-state index in [1.54, 1.807) is 0 Å². The maximum Gasteiger partial charge on any atom is 0.219 e. The van der Waals surface area contributed by atoms with Gasteiger partial charge in [-0.25, -0.2) is 0 Å². The minimum absolute atomic E-state index is 0.158. The van der Waals surface area contributed by atoms with E-state index in [1.807, 2.05) is 0 Å². The van der Waals surface area contributed by atoms with Crippen molar-refractivity contribution >= 4 is 11.7 Å². The first kappa shape index (κ1) is 31.1. The van der Waals surface area contributed by atoms with Crippen LogP contribution in [0, 0.1) is 0 Å². The average Bonchev–Trinajstić information content (AvgIpc) is 2.79. The van der Waals surface area contributed by atoms with Crippen LogP contribution in [-0.4, -0.2) is 37.4 Å². The molecule has 0 unspecified atom stereocenters. The number of ketones is 1. The molecule has 0 aliphatic rings. The maximum absolute atomic E-state index is 12.2. The number of hydrogen-bond acceptors (Lipinski definition) is 4. The minimum atomic E-state index is -0.329. The molecule has 0 saturated heterocycles. The predicted molar refractivity (Wildman–Crippen MR) is 138 cm³/mol. The second kappa shape index (κ2) is 24.7. The van der Waals surface area contributed by atoms with Gasteiger partial charge in [0.2, 0.25) is 5.91 Å². The van der Waals surface area contributed by atoms with Crippen LogP contribution in [0.2, 0.25) is 0 Å². The summed E-state index contributed by atoms with van der Waals surface area (Å²) in [6.07, 6.45) is 20.7. The molecular formula is C27H55N3O2. The topological polar surface area (TPSA) is 84.2 Å². The lowest BCUT2D eigenvalue weighted by Gasteiger charge is -2.11. The van der Waals surface area contributed by atoms with E-state index in [4.69, 9.17) is 5.73 Å². The Morgan fingerprint density at radius 2 is 1.16 bits per heavy atom. The first-order valence-corrected chi connectivity index (χ1v) is 13.9. The van der Waals surface area contributed by atoms with Crippen LogP contribution in [0.25, 0.3) is 0 Å². The number of carbonyl (C=O) groups is 2. The molecule has 0 bridgehead atoms. The van der Waals surface area contributed by atoms with Gasteiger partial charge in [-0.15, -0.1) is 0 Å². The molecule has 190 valence electrons. The van der Waals surface area contributed by atoms with E-state index in [2.05, 4.69) is 24.5 Å². The van der Waals surface area contributed by atoms with E-state index in [1.165, 1.54) is 64.2 Å². The van der Waals surface area contributed by atoms with E-state index >= 15 is 0 Å². The Labute approximate surface area is 199 Å². The van der Waals surface area contributed by atoms with Gasteiger partial charge in [0.15, 0.2) is 0 Å². The van der Waals surface area contributed by atoms with E-state index in [0.717, 1.165) is 58.0 Å². The number of carbonyl (C=O) groups excluding carboxylic acids is 2. The van der Waals surface area contributed by atoms with E-state index in [9.17, 15) is 9.59 Å². The SMILES string of the molecule is CCCCCCCC(=O)NCCCC[C@H](N)C(=O)CCCCCCCCCNCCCC. The minimum Gasteiger partial charge on any atom is -0.356 e. The average molecular weight is 454 g/mol. The number of nitrogens with two attached hydrogens (primary N) is 1. The number of Topliss-reactive ketones (excluding diaryl/α,β-unsaturated/α-hetero) is 1. The van der Waals surface area contributed by atoms with E-state index in [0.29, 0.717) is 19.4 Å². The summed E-state index contributed by atoms with van der Waals surface area (Å²) in [5, 5.41) is 6.48. The van der Waals surface area contributed by atoms with Crippen molar-refractivity contribution in [3.63, 3.8) is 0 Å². The summed E-state index contributed by atoms with van der Waals surface area (Å²) in [5.41, 5.74) is 6.06. The first-order valence-electron chi connectivity index (χ1n) is 13.9. The third-order valence-electron chi connectivity index (χ3n) is 6.17. The zero-order valence-corrected chi connectivity index (χ0v) is 21.5. The predicted octanol–water partition coefficient (Wildman–Crippen LogP) is 6.04. The standard InChI is InChI=1S/C27H55N3O2/c1-3-5-7-11-15-21-27(32)30-24-18-16-19-25(28)26(31)20-14-12-9-8-10-13-17-23-29-22-6-4-2/h25,29H,3-24,28H2,1-2H3,(H,30,32)/t25-/m0/s1. The molecular weight excluding hydrogens is 398 g/mol. The van der Waals surface area contributed by atoms with Crippen molar-refractivity contribution < 1.29 is 9.59 Å². The molecule has 0 aromatic heterocycles. The molecule has 5 heteroatoms. The Morgan fingerprint density at radius 1 is 0.625 bits per heavy atom. The van der Waals surface area contributed by atoms with Gasteiger partial charge in [0.25, 0.3) is 0 Å². The maximum atomic E-state index is 12.2. The highest BCUT2D eigenvalue weighted by atomic mass is 16.1. The third kappa shape index (κ3) is 22.3. The summed E-state index contributed by atoms with van der Waals surface area (Å²) < 4.78 is 0. The molecule has 0 saturated carbocycles. The first-order chi connectivity index (χ1) is 15.6. The number of amides is 1. The van der Waals surface area contributed by atoms with E-state index in [-0.39, 0.29) is 17.7 Å². The lowest BCUT2D eigenvalue weighted by atomic mass is 10.0. The van der Waals surface area contributed by atoms with Crippen molar-refractivity contribution in [2.45, 2.75) is 142 Å². The number of nitrogens with one attached hydrogen (secondary N) is 2. The van der Waals surface area contributed by atoms with Crippen molar-refractivity contribution in [1.29, 1.82) is 0 Å². The molecule has 1 amide bonds. The Balaban J connectivity index is 3.41. The Morgan fingerprint density at radius 3 is 1.84 bits per heavy atom. The summed E-state index contributed by atoms with van der Waals surface area (Å²) >= 11 is 0. The molecule has 0 fully saturated rings. The van der Waals surface area contributed by atoms with Crippen molar-refractivity contribution in [3.05, 3.63) is 0 Å². The number of unbranched alkanes of at least 4 members (excludes halogenated alkanes) is 12. The second-order valence-corrected chi connectivity index (χ2v) is 9.41. The lowest BCUT2D eigenvalue weighted by Crippen LogP contribution is -2.30. The fourth-order valence-electron chi connectivity index (χ4n) is 3.90. The van der Waals surface area contributed by atoms with Crippen molar-refractivity contribution in [2.24, 2.45) is 5.73 Å². The number of rotatable bonds is 25. The summed E-state index contributed by atoms with van der Waals surface area (Å²) in [7, 11) is 0. The Bertz CT molecular complexity index is 429. The van der Waals surface area contributed by atoms with Gasteiger partial charge in [-0.05, 0) is 58.0 Å². The lowest BCUT2D eigenvalue weighted by molar-refractivity contribution is -0.122. The van der Waals surface area contributed by atoms with Crippen LogP contribution >= 0.6 is 0 Å². The van der Waals surface area contributed by atoms with E-state index < -0.39 is 0 Å². The van der Waals surface area contributed by atoms with Crippen LogP contribution in [0.4, 0.5) is 0 Å². The molecule has 0 heterocycles. The second-order valence-electron chi connectivity index (χ2n) is 9.41. The summed E-state index contributed by atoms with van der Waals surface area (Å²) in [6, 6.07) is -0.329. The molecule has 0 aromatic carbocycles. The van der Waals surface area contributed by atoms with Gasteiger partial charge in [0.05, 0.1) is 6.04 Å². The molecule has 0 aromatic rings. The number of hydrogen-bond donors (Lipinski definition) is 3. The molecule has 4 N–H and O–H groups in total. The van der Waals surface area contributed by atoms with Crippen molar-refractivity contribution in [3.8, 4) is 0 Å². The van der Waals surface area contributed by atoms with Gasteiger partial charge >= 0.3 is 0 Å². The molecule has 0 rings (SSSR count). The molecule has 1 atom stereocenters. The monoisotopic (exact) mass is 453 g/mol. The highest BCUT2D eigenvalue weighted by Crippen LogP contribution is 2.10. The highest BCUT2D eigenvalue weighted by molar-refractivity contribution is 5.83. The van der Waals surface area contributed by atoms with Crippen LogP contribution in [0.3, 0.4) is 0 Å². The van der Waals surface area contributed by atoms with Crippen LogP contribution in [0.15, 0.2) is 0 Å². The van der Waals surface area contributed by atoms with Crippen molar-refractivity contribution in [1.82, 2.24) is 10.6 Å². The summed E-state index contributed by atoms with van der Waals surface area (Å²) in [4.78, 5) is 24.0. The van der Waals surface area contributed by atoms with Gasteiger partial charge in [0.1, 0.15) is 5.78 Å². The molecule has 5 nitrogen and oxygen atoms in total. The van der Waals surface area contributed by atoms with Gasteiger partial charge in [-0.1, -0.05) is 78.1 Å². The molecule has 0 radical (unpaired) electrons. The van der Waals surface area contributed by atoms with Gasteiger partial charge in [-0.2, -0.15) is 0 Å². The molecule has 0 aliphatic heterocycles. The summed E-state index contributed by atoms with van der Waals surface area (Å²) in [5.74, 6) is 0.366. The van der Waals surface area contributed by atoms with Crippen molar-refractivity contribution in [2.75, 3.05) is 19.6 Å². The Hall–Kier alpha value is -0.940. The van der Waals surface area contributed by atoms with Crippen LogP contribution < -0.4 is 16.4 Å². The normalized spacial score (nSPS) is 12.1. The van der Waals surface area contributed by atoms with Gasteiger partial charge in [0, 0.05) is 19.4 Å². The van der Waals surface area contributed by atoms with Crippen LogP contribution in [0.5, 0.6) is 0 Å².